The van der Waals surface area contributed by atoms with Gasteiger partial charge in [-0.25, -0.2) is 9.97 Å². The summed E-state index contributed by atoms with van der Waals surface area (Å²) < 4.78 is 1.91. The number of nitrogens with one attached hydrogen (secondary N) is 1. The Bertz CT molecular complexity index is 809. The number of carbonyl (C=O) groups excluding carboxylic acids is 1. The van der Waals surface area contributed by atoms with Crippen molar-refractivity contribution in [2.24, 2.45) is 0 Å². The number of nitrogens with zero attached hydrogens (tertiary/aromatic N) is 5. The Kier molecular flexibility index (Phi) is 3.53. The normalized spacial score (nSPS) is 18.4. The molecule has 1 fully saturated rings. The molecule has 0 radical (unpaired) electrons. The maximum Gasteiger partial charge on any atom is 0.242 e. The van der Waals surface area contributed by atoms with Gasteiger partial charge >= 0.3 is 0 Å². The predicted octanol–water partition coefficient (Wildman–Crippen LogP) is 1.56. The molecule has 1 N–H and O–H groups in total. The predicted molar refractivity (Wildman–Crippen MR) is 84.7 cm³/mol. The van der Waals surface area contributed by atoms with Crippen molar-refractivity contribution >= 4 is 16.9 Å². The standard InChI is InChI=1S/C16H18N6O/c23-15(9-22-11-18-13-5-1-2-6-14(13)22)21-7-3-4-12(8-21)16-17-10-19-20-16/h1-2,5-6,10-12H,3-4,7-9H2,(H,17,19,20). The third kappa shape index (κ3) is 2.69. The lowest BCUT2D eigenvalue weighted by molar-refractivity contribution is -0.133. The Balaban J connectivity index is 1.48. The van der Waals surface area contributed by atoms with Gasteiger partial charge in [0.2, 0.25) is 5.91 Å². The van der Waals surface area contributed by atoms with E-state index in [1.807, 2.05) is 33.7 Å². The Hall–Kier alpha value is -2.70. The molecule has 1 unspecified atom stereocenters. The molecular weight excluding hydrogens is 292 g/mol. The minimum absolute atomic E-state index is 0.123. The lowest BCUT2D eigenvalue weighted by Gasteiger charge is -2.31. The van der Waals surface area contributed by atoms with Crippen molar-refractivity contribution in [2.45, 2.75) is 25.3 Å². The number of fused-ring (bicyclic) bond motifs is 1. The molecule has 2 aromatic heterocycles. The second-order valence-corrected chi connectivity index (χ2v) is 5.91. The molecule has 118 valence electrons. The summed E-state index contributed by atoms with van der Waals surface area (Å²) in [5.41, 5.74) is 1.91. The highest BCUT2D eigenvalue weighted by Crippen LogP contribution is 2.24. The number of H-pyrrole nitrogens is 1. The first kappa shape index (κ1) is 13.9. The summed E-state index contributed by atoms with van der Waals surface area (Å²) in [4.78, 5) is 23.1. The average Bonchev–Trinajstić information content (AvgIpc) is 3.25. The minimum atomic E-state index is 0.123. The number of hydrogen-bond donors (Lipinski definition) is 1. The van der Waals surface area contributed by atoms with Crippen molar-refractivity contribution in [3.63, 3.8) is 0 Å². The maximum absolute atomic E-state index is 12.7. The Morgan fingerprint density at radius 2 is 2.22 bits per heavy atom. The molecule has 1 amide bonds. The second-order valence-electron chi connectivity index (χ2n) is 5.91. The molecule has 1 aliphatic heterocycles. The number of carbonyl (C=O) groups is 1. The van der Waals surface area contributed by atoms with Gasteiger partial charge in [0.05, 0.1) is 17.4 Å². The van der Waals surface area contributed by atoms with E-state index >= 15 is 0 Å². The van der Waals surface area contributed by atoms with E-state index in [0.717, 1.165) is 36.2 Å². The van der Waals surface area contributed by atoms with Crippen molar-refractivity contribution < 1.29 is 4.79 Å². The molecule has 0 saturated carbocycles. The average molecular weight is 310 g/mol. The van der Waals surface area contributed by atoms with Crippen molar-refractivity contribution in [3.05, 3.63) is 42.7 Å². The van der Waals surface area contributed by atoms with Gasteiger partial charge in [-0.3, -0.25) is 9.89 Å². The van der Waals surface area contributed by atoms with Gasteiger partial charge in [0.25, 0.3) is 0 Å². The zero-order chi connectivity index (χ0) is 15.6. The third-order valence-corrected chi connectivity index (χ3v) is 4.43. The summed E-state index contributed by atoms with van der Waals surface area (Å²) in [7, 11) is 0. The summed E-state index contributed by atoms with van der Waals surface area (Å²) in [5, 5.41) is 6.83. The van der Waals surface area contributed by atoms with Crippen molar-refractivity contribution in [3.8, 4) is 0 Å². The topological polar surface area (TPSA) is 79.7 Å². The Labute approximate surface area is 133 Å². The third-order valence-electron chi connectivity index (χ3n) is 4.43. The highest BCUT2D eigenvalue weighted by Gasteiger charge is 2.26. The zero-order valence-electron chi connectivity index (χ0n) is 12.7. The number of aromatic nitrogens is 5. The van der Waals surface area contributed by atoms with E-state index in [1.165, 1.54) is 6.33 Å². The SMILES string of the molecule is O=C(Cn1cnc2ccccc21)N1CCCC(c2ncn[nH]2)C1. The summed E-state index contributed by atoms with van der Waals surface area (Å²) in [6, 6.07) is 7.86. The monoisotopic (exact) mass is 310 g/mol. The number of para-hydroxylation sites is 2. The van der Waals surface area contributed by atoms with Gasteiger partial charge in [-0.1, -0.05) is 12.1 Å². The molecule has 3 heterocycles. The molecule has 0 spiro atoms. The number of hydrogen-bond acceptors (Lipinski definition) is 4. The molecule has 0 aliphatic carbocycles. The number of likely N-dealkylation sites (tertiary alicyclic amines) is 1. The van der Waals surface area contributed by atoms with Crippen LogP contribution in [0.25, 0.3) is 11.0 Å². The van der Waals surface area contributed by atoms with Crippen LogP contribution in [0.1, 0.15) is 24.6 Å². The van der Waals surface area contributed by atoms with Gasteiger partial charge in [-0.05, 0) is 25.0 Å². The number of imidazole rings is 1. The number of aromatic amines is 1. The fourth-order valence-electron chi connectivity index (χ4n) is 3.22. The number of rotatable bonds is 3. The van der Waals surface area contributed by atoms with Crippen LogP contribution in [-0.4, -0.2) is 48.6 Å². The number of benzene rings is 1. The summed E-state index contributed by atoms with van der Waals surface area (Å²) in [6.45, 7) is 1.82. The molecular formula is C16H18N6O. The smallest absolute Gasteiger partial charge is 0.242 e. The molecule has 7 nitrogen and oxygen atoms in total. The van der Waals surface area contributed by atoms with Crippen LogP contribution in [0.2, 0.25) is 0 Å². The van der Waals surface area contributed by atoms with E-state index in [1.54, 1.807) is 6.33 Å². The van der Waals surface area contributed by atoms with Crippen LogP contribution in [0.15, 0.2) is 36.9 Å². The van der Waals surface area contributed by atoms with E-state index in [-0.39, 0.29) is 11.8 Å². The highest BCUT2D eigenvalue weighted by atomic mass is 16.2. The van der Waals surface area contributed by atoms with Crippen LogP contribution >= 0.6 is 0 Å². The molecule has 1 aromatic carbocycles. The number of piperidine rings is 1. The second kappa shape index (κ2) is 5.83. The van der Waals surface area contributed by atoms with Crippen LogP contribution in [0, 0.1) is 0 Å². The van der Waals surface area contributed by atoms with Crippen molar-refractivity contribution in [1.82, 2.24) is 29.6 Å². The highest BCUT2D eigenvalue weighted by molar-refractivity contribution is 5.80. The fraction of sp³-hybridized carbons (Fsp3) is 0.375. The van der Waals surface area contributed by atoms with Crippen LogP contribution in [0.3, 0.4) is 0 Å². The quantitative estimate of drug-likeness (QED) is 0.796. The van der Waals surface area contributed by atoms with E-state index in [2.05, 4.69) is 20.2 Å². The molecule has 23 heavy (non-hydrogen) atoms. The first-order chi connectivity index (χ1) is 11.3. The van der Waals surface area contributed by atoms with Crippen molar-refractivity contribution in [2.75, 3.05) is 13.1 Å². The lowest BCUT2D eigenvalue weighted by atomic mass is 9.97. The van der Waals surface area contributed by atoms with Gasteiger partial charge < -0.3 is 9.47 Å². The van der Waals surface area contributed by atoms with Gasteiger partial charge in [0, 0.05) is 19.0 Å². The molecule has 7 heteroatoms. The van der Waals surface area contributed by atoms with E-state index in [9.17, 15) is 4.79 Å². The van der Waals surface area contributed by atoms with E-state index in [0.29, 0.717) is 13.1 Å². The first-order valence-electron chi connectivity index (χ1n) is 7.84. The van der Waals surface area contributed by atoms with Crippen LogP contribution in [0.5, 0.6) is 0 Å². The number of amides is 1. The lowest BCUT2D eigenvalue weighted by Crippen LogP contribution is -2.41. The van der Waals surface area contributed by atoms with Gasteiger partial charge in [0.1, 0.15) is 18.7 Å². The van der Waals surface area contributed by atoms with Gasteiger partial charge in [-0.2, -0.15) is 5.10 Å². The Morgan fingerprint density at radius 1 is 1.30 bits per heavy atom. The molecule has 4 rings (SSSR count). The van der Waals surface area contributed by atoms with Crippen LogP contribution in [0.4, 0.5) is 0 Å². The fourth-order valence-corrected chi connectivity index (χ4v) is 3.22. The molecule has 1 saturated heterocycles. The van der Waals surface area contributed by atoms with Crippen LogP contribution < -0.4 is 0 Å². The van der Waals surface area contributed by atoms with Gasteiger partial charge in [-0.15, -0.1) is 0 Å². The summed E-state index contributed by atoms with van der Waals surface area (Å²) in [6.07, 6.45) is 5.28. The summed E-state index contributed by atoms with van der Waals surface area (Å²) in [5.74, 6) is 1.24. The largest absolute Gasteiger partial charge is 0.340 e. The Morgan fingerprint density at radius 3 is 3.09 bits per heavy atom. The van der Waals surface area contributed by atoms with Crippen molar-refractivity contribution in [1.29, 1.82) is 0 Å². The zero-order valence-corrected chi connectivity index (χ0v) is 12.7. The summed E-state index contributed by atoms with van der Waals surface area (Å²) >= 11 is 0. The first-order valence-corrected chi connectivity index (χ1v) is 7.84. The minimum Gasteiger partial charge on any atom is -0.340 e. The molecule has 3 aromatic rings. The molecule has 0 bridgehead atoms. The van der Waals surface area contributed by atoms with E-state index < -0.39 is 0 Å². The van der Waals surface area contributed by atoms with Gasteiger partial charge in [0.15, 0.2) is 0 Å². The molecule has 1 atom stereocenters. The van der Waals surface area contributed by atoms with E-state index in [4.69, 9.17) is 0 Å². The molecule has 1 aliphatic rings. The van der Waals surface area contributed by atoms with Crippen LogP contribution in [-0.2, 0) is 11.3 Å². The maximum atomic E-state index is 12.7.